The molecule has 0 aromatic rings. The lowest BCUT2D eigenvalue weighted by Gasteiger charge is -2.23. The van der Waals surface area contributed by atoms with Crippen LogP contribution >= 0.6 is 0 Å². The highest BCUT2D eigenvalue weighted by Gasteiger charge is 2.12. The van der Waals surface area contributed by atoms with E-state index in [1.54, 1.807) is 5.06 Å². The zero-order valence-electron chi connectivity index (χ0n) is 12.7. The molecule has 1 atom stereocenters. The first kappa shape index (κ1) is 17.8. The number of hydroxylamine groups is 3. The van der Waals surface area contributed by atoms with Crippen LogP contribution in [0.15, 0.2) is 0 Å². The van der Waals surface area contributed by atoms with E-state index in [1.807, 2.05) is 14.1 Å². The molecule has 0 saturated heterocycles. The van der Waals surface area contributed by atoms with Gasteiger partial charge >= 0.3 is 0 Å². The Balaban J connectivity index is 0.000000360. The summed E-state index contributed by atoms with van der Waals surface area (Å²) in [4.78, 5) is 5.16. The van der Waals surface area contributed by atoms with Gasteiger partial charge < -0.3 is 5.73 Å². The van der Waals surface area contributed by atoms with E-state index in [0.717, 1.165) is 6.42 Å². The molecule has 1 unspecified atom stereocenters. The lowest BCUT2D eigenvalue weighted by atomic mass is 9.96. The monoisotopic (exact) mass is 259 g/mol. The van der Waals surface area contributed by atoms with Crippen LogP contribution in [0.1, 0.15) is 65.2 Å². The fourth-order valence-corrected chi connectivity index (χ4v) is 1.98. The minimum atomic E-state index is 0.449. The Morgan fingerprint density at radius 1 is 1.22 bits per heavy atom. The first-order chi connectivity index (χ1) is 8.60. The molecule has 0 heterocycles. The van der Waals surface area contributed by atoms with Gasteiger partial charge in [0.05, 0.1) is 0 Å². The van der Waals surface area contributed by atoms with Crippen molar-refractivity contribution in [3.05, 3.63) is 0 Å². The average Bonchev–Trinajstić information content (AvgIpc) is 2.38. The molecule has 1 rings (SSSR count). The molecule has 1 fully saturated rings. The maximum atomic E-state index is 5.58. The third-order valence-electron chi connectivity index (χ3n) is 3.19. The van der Waals surface area contributed by atoms with E-state index >= 15 is 0 Å². The number of hydrogen-bond acceptors (Lipinski definition) is 4. The van der Waals surface area contributed by atoms with Crippen molar-refractivity contribution in [3.8, 4) is 0 Å². The van der Waals surface area contributed by atoms with Crippen molar-refractivity contribution >= 4 is 0 Å². The van der Waals surface area contributed by atoms with Crippen molar-refractivity contribution in [3.63, 3.8) is 0 Å². The zero-order valence-corrected chi connectivity index (χ0v) is 12.7. The summed E-state index contributed by atoms with van der Waals surface area (Å²) >= 11 is 0. The zero-order chi connectivity index (χ0) is 13.8. The van der Waals surface area contributed by atoms with E-state index in [1.165, 1.54) is 44.9 Å². The quantitative estimate of drug-likeness (QED) is 0.720. The first-order valence-electron chi connectivity index (χ1n) is 7.45. The molecule has 0 aromatic heterocycles. The Hall–Kier alpha value is -0.160. The summed E-state index contributed by atoms with van der Waals surface area (Å²) in [6, 6.07) is 1.02. The SMILES string of the molecule is CCCC(N)CC.CN(C)ONC1CCCCC1. The summed E-state index contributed by atoms with van der Waals surface area (Å²) in [7, 11) is 3.77. The summed E-state index contributed by atoms with van der Waals surface area (Å²) in [5.41, 5.74) is 8.63. The molecule has 0 radical (unpaired) electrons. The molecule has 1 aliphatic carbocycles. The molecule has 18 heavy (non-hydrogen) atoms. The van der Waals surface area contributed by atoms with E-state index in [2.05, 4.69) is 19.3 Å². The minimum Gasteiger partial charge on any atom is -0.328 e. The van der Waals surface area contributed by atoms with Gasteiger partial charge in [0.2, 0.25) is 0 Å². The highest BCUT2D eigenvalue weighted by Crippen LogP contribution is 2.17. The van der Waals surface area contributed by atoms with Crippen LogP contribution in [-0.2, 0) is 4.94 Å². The van der Waals surface area contributed by atoms with Crippen molar-refractivity contribution in [2.75, 3.05) is 14.1 Å². The summed E-state index contributed by atoms with van der Waals surface area (Å²) in [5.74, 6) is 0. The number of nitrogens with zero attached hydrogens (tertiary/aromatic N) is 1. The molecule has 0 aromatic carbocycles. The Kier molecular flexibility index (Phi) is 11.8. The Morgan fingerprint density at radius 2 is 1.83 bits per heavy atom. The van der Waals surface area contributed by atoms with Crippen LogP contribution in [0.2, 0.25) is 0 Å². The number of nitrogens with one attached hydrogen (secondary N) is 1. The number of hydrogen-bond donors (Lipinski definition) is 2. The van der Waals surface area contributed by atoms with Crippen LogP contribution in [0.5, 0.6) is 0 Å². The van der Waals surface area contributed by atoms with Crippen LogP contribution in [0, 0.1) is 0 Å². The van der Waals surface area contributed by atoms with Gasteiger partial charge in [-0.15, -0.1) is 0 Å². The molecule has 4 nitrogen and oxygen atoms in total. The van der Waals surface area contributed by atoms with Crippen LogP contribution < -0.4 is 11.2 Å². The van der Waals surface area contributed by atoms with Gasteiger partial charge in [-0.25, -0.2) is 4.94 Å². The second-order valence-electron chi connectivity index (χ2n) is 5.31. The van der Waals surface area contributed by atoms with Gasteiger partial charge in [0, 0.05) is 26.2 Å². The summed E-state index contributed by atoms with van der Waals surface area (Å²) in [5, 5.41) is 1.69. The second kappa shape index (κ2) is 11.9. The van der Waals surface area contributed by atoms with Gasteiger partial charge in [-0.05, 0) is 25.7 Å². The van der Waals surface area contributed by atoms with Gasteiger partial charge in [0.1, 0.15) is 0 Å². The number of rotatable bonds is 6. The molecule has 0 spiro atoms. The molecule has 3 N–H and O–H groups in total. The Morgan fingerprint density at radius 3 is 2.22 bits per heavy atom. The van der Waals surface area contributed by atoms with Gasteiger partial charge in [0.25, 0.3) is 0 Å². The number of nitrogens with two attached hydrogens (primary N) is 1. The molecule has 1 saturated carbocycles. The highest BCUT2D eigenvalue weighted by atomic mass is 16.8. The maximum absolute atomic E-state index is 5.58. The highest BCUT2D eigenvalue weighted by molar-refractivity contribution is 4.67. The minimum absolute atomic E-state index is 0.449. The lowest BCUT2D eigenvalue weighted by Crippen LogP contribution is -2.35. The van der Waals surface area contributed by atoms with Crippen LogP contribution in [0.4, 0.5) is 0 Å². The van der Waals surface area contributed by atoms with Crippen molar-refractivity contribution < 1.29 is 4.94 Å². The fourth-order valence-electron chi connectivity index (χ4n) is 1.98. The first-order valence-corrected chi connectivity index (χ1v) is 7.45. The van der Waals surface area contributed by atoms with Crippen LogP contribution in [-0.4, -0.2) is 31.2 Å². The van der Waals surface area contributed by atoms with Crippen LogP contribution in [0.25, 0.3) is 0 Å². The fraction of sp³-hybridized carbons (Fsp3) is 1.00. The summed E-state index contributed by atoms with van der Waals surface area (Å²) in [6.45, 7) is 4.29. The van der Waals surface area contributed by atoms with Crippen molar-refractivity contribution in [2.24, 2.45) is 5.73 Å². The molecular formula is C14H33N3O. The molecule has 0 aliphatic heterocycles. The largest absolute Gasteiger partial charge is 0.328 e. The molecule has 0 bridgehead atoms. The van der Waals surface area contributed by atoms with E-state index in [9.17, 15) is 0 Å². The Labute approximate surface area is 113 Å². The molecule has 0 amide bonds. The predicted octanol–water partition coefficient (Wildman–Crippen LogP) is 2.84. The van der Waals surface area contributed by atoms with E-state index in [-0.39, 0.29) is 0 Å². The summed E-state index contributed by atoms with van der Waals surface area (Å²) < 4.78 is 0. The maximum Gasteiger partial charge on any atom is 0.0341 e. The van der Waals surface area contributed by atoms with Crippen molar-refractivity contribution in [1.82, 2.24) is 10.5 Å². The third kappa shape index (κ3) is 11.0. The van der Waals surface area contributed by atoms with E-state index in [0.29, 0.717) is 12.1 Å². The van der Waals surface area contributed by atoms with Gasteiger partial charge in [-0.3, -0.25) is 0 Å². The normalized spacial score (nSPS) is 18.3. The smallest absolute Gasteiger partial charge is 0.0341 e. The van der Waals surface area contributed by atoms with E-state index in [4.69, 9.17) is 10.7 Å². The molecule has 1 aliphatic rings. The lowest BCUT2D eigenvalue weighted by molar-refractivity contribution is -0.190. The van der Waals surface area contributed by atoms with Gasteiger partial charge in [0.15, 0.2) is 0 Å². The van der Waals surface area contributed by atoms with Gasteiger partial charge in [-0.1, -0.05) is 39.5 Å². The molecular weight excluding hydrogens is 226 g/mol. The van der Waals surface area contributed by atoms with Crippen molar-refractivity contribution in [2.45, 2.75) is 77.3 Å². The van der Waals surface area contributed by atoms with E-state index < -0.39 is 0 Å². The average molecular weight is 259 g/mol. The Bertz CT molecular complexity index is 170. The molecule has 110 valence electrons. The summed E-state index contributed by atoms with van der Waals surface area (Å²) in [6.07, 6.45) is 10.1. The molecule has 4 heteroatoms. The van der Waals surface area contributed by atoms with Gasteiger partial charge in [-0.2, -0.15) is 10.5 Å². The topological polar surface area (TPSA) is 50.5 Å². The van der Waals surface area contributed by atoms with Crippen LogP contribution in [0.3, 0.4) is 0 Å². The third-order valence-corrected chi connectivity index (χ3v) is 3.19. The predicted molar refractivity (Wildman–Crippen MR) is 78.0 cm³/mol. The second-order valence-corrected chi connectivity index (χ2v) is 5.31. The standard InChI is InChI=1S/C8H18N2O.C6H15N/c1-10(2)11-9-8-6-4-3-5-7-8;1-3-5-6(7)4-2/h8-9H,3-7H2,1-2H3;6H,3-5,7H2,1-2H3. The van der Waals surface area contributed by atoms with Crippen molar-refractivity contribution in [1.29, 1.82) is 0 Å².